The van der Waals surface area contributed by atoms with Crippen molar-refractivity contribution < 1.29 is 4.39 Å². The summed E-state index contributed by atoms with van der Waals surface area (Å²) in [5, 5.41) is -0.252. The molecule has 0 amide bonds. The monoisotopic (exact) mass is 326 g/mol. The average Bonchev–Trinajstić information content (AvgIpc) is 2.32. The van der Waals surface area contributed by atoms with E-state index in [9.17, 15) is 4.39 Å². The van der Waals surface area contributed by atoms with Crippen LogP contribution in [-0.4, -0.2) is 0 Å². The fraction of sp³-hybridized carbons (Fsp3) is 0.200. The molecule has 1 unspecified atom stereocenters. The van der Waals surface area contributed by atoms with Crippen molar-refractivity contribution in [3.63, 3.8) is 0 Å². The van der Waals surface area contributed by atoms with Crippen LogP contribution >= 0.6 is 27.5 Å². The van der Waals surface area contributed by atoms with Crippen LogP contribution in [0.4, 0.5) is 4.39 Å². The lowest BCUT2D eigenvalue weighted by atomic mass is 9.99. The van der Waals surface area contributed by atoms with Gasteiger partial charge in [0.15, 0.2) is 0 Å². The largest absolute Gasteiger partial charge is 0.207 e. The Labute approximate surface area is 120 Å². The maximum Gasteiger partial charge on any atom is 0.126 e. The van der Waals surface area contributed by atoms with Gasteiger partial charge in [-0.15, -0.1) is 11.6 Å². The lowest BCUT2D eigenvalue weighted by Crippen LogP contribution is -1.97. The standard InChI is InChI=1S/C15H13BrClF/c1-9-8-12(16)4-5-13(9)15(17)11-3-6-14(18)10(2)7-11/h3-8,15H,1-2H3. The molecule has 94 valence electrons. The Morgan fingerprint density at radius 3 is 2.39 bits per heavy atom. The zero-order valence-corrected chi connectivity index (χ0v) is 12.5. The summed E-state index contributed by atoms with van der Waals surface area (Å²) in [6.07, 6.45) is 0. The van der Waals surface area contributed by atoms with E-state index in [1.165, 1.54) is 6.07 Å². The molecule has 0 aromatic heterocycles. The summed E-state index contributed by atoms with van der Waals surface area (Å²) >= 11 is 9.91. The van der Waals surface area contributed by atoms with Crippen LogP contribution in [0.5, 0.6) is 0 Å². The summed E-state index contributed by atoms with van der Waals surface area (Å²) in [5.74, 6) is -0.199. The molecule has 1 atom stereocenters. The summed E-state index contributed by atoms with van der Waals surface area (Å²) < 4.78 is 14.3. The van der Waals surface area contributed by atoms with Gasteiger partial charge in [-0.25, -0.2) is 4.39 Å². The second-order valence-corrected chi connectivity index (χ2v) is 5.72. The third-order valence-corrected chi connectivity index (χ3v) is 3.96. The molecule has 2 aromatic rings. The van der Waals surface area contributed by atoms with Gasteiger partial charge in [0.05, 0.1) is 5.38 Å². The third-order valence-electron chi connectivity index (χ3n) is 2.98. The molecule has 0 bridgehead atoms. The van der Waals surface area contributed by atoms with E-state index < -0.39 is 0 Å². The van der Waals surface area contributed by atoms with E-state index in [1.807, 2.05) is 25.1 Å². The number of aryl methyl sites for hydroxylation is 2. The Morgan fingerprint density at radius 1 is 1.06 bits per heavy atom. The minimum absolute atomic E-state index is 0.199. The van der Waals surface area contributed by atoms with E-state index >= 15 is 0 Å². The van der Waals surface area contributed by atoms with E-state index in [0.29, 0.717) is 5.56 Å². The predicted octanol–water partition coefficient (Wildman–Crippen LogP) is 5.53. The first-order chi connectivity index (χ1) is 8.49. The highest BCUT2D eigenvalue weighted by molar-refractivity contribution is 9.10. The molecule has 0 fully saturated rings. The number of benzene rings is 2. The Hall–Kier alpha value is -0.860. The SMILES string of the molecule is Cc1cc(C(Cl)c2ccc(Br)cc2C)ccc1F. The lowest BCUT2D eigenvalue weighted by Gasteiger charge is -2.14. The van der Waals surface area contributed by atoms with Gasteiger partial charge in [0, 0.05) is 4.47 Å². The molecule has 0 radical (unpaired) electrons. The van der Waals surface area contributed by atoms with Gasteiger partial charge in [-0.05, 0) is 54.3 Å². The molecule has 0 spiro atoms. The van der Waals surface area contributed by atoms with Gasteiger partial charge < -0.3 is 0 Å². The van der Waals surface area contributed by atoms with Gasteiger partial charge in [0.25, 0.3) is 0 Å². The predicted molar refractivity (Wildman–Crippen MR) is 77.7 cm³/mol. The second kappa shape index (κ2) is 5.41. The van der Waals surface area contributed by atoms with Crippen molar-refractivity contribution in [1.29, 1.82) is 0 Å². The van der Waals surface area contributed by atoms with Crippen molar-refractivity contribution in [2.45, 2.75) is 19.2 Å². The van der Waals surface area contributed by atoms with E-state index in [0.717, 1.165) is 21.2 Å². The van der Waals surface area contributed by atoms with Gasteiger partial charge in [-0.2, -0.15) is 0 Å². The molecular weight excluding hydrogens is 315 g/mol. The van der Waals surface area contributed by atoms with Crippen LogP contribution in [0.2, 0.25) is 0 Å². The van der Waals surface area contributed by atoms with Crippen LogP contribution in [0.25, 0.3) is 0 Å². The van der Waals surface area contributed by atoms with Crippen molar-refractivity contribution >= 4 is 27.5 Å². The van der Waals surface area contributed by atoms with Crippen LogP contribution in [0, 0.1) is 19.7 Å². The quantitative estimate of drug-likeness (QED) is 0.636. The molecule has 0 aliphatic carbocycles. The van der Waals surface area contributed by atoms with Gasteiger partial charge in [0.1, 0.15) is 5.82 Å². The minimum atomic E-state index is -0.252. The average molecular weight is 328 g/mol. The highest BCUT2D eigenvalue weighted by Crippen LogP contribution is 2.32. The van der Waals surface area contributed by atoms with Gasteiger partial charge in [0.2, 0.25) is 0 Å². The molecule has 0 saturated heterocycles. The molecule has 3 heteroatoms. The first-order valence-corrected chi connectivity index (χ1v) is 6.88. The molecule has 2 aromatic carbocycles. The Bertz CT molecular complexity index is 581. The lowest BCUT2D eigenvalue weighted by molar-refractivity contribution is 0.617. The molecule has 0 N–H and O–H groups in total. The second-order valence-electron chi connectivity index (χ2n) is 4.37. The highest BCUT2D eigenvalue weighted by atomic mass is 79.9. The summed E-state index contributed by atoms with van der Waals surface area (Å²) in [6.45, 7) is 3.77. The summed E-state index contributed by atoms with van der Waals surface area (Å²) in [4.78, 5) is 0. The maximum atomic E-state index is 13.2. The molecule has 0 aliphatic heterocycles. The minimum Gasteiger partial charge on any atom is -0.207 e. The van der Waals surface area contributed by atoms with Gasteiger partial charge >= 0.3 is 0 Å². The molecule has 18 heavy (non-hydrogen) atoms. The molecule has 0 aliphatic rings. The van der Waals surface area contributed by atoms with E-state index in [-0.39, 0.29) is 11.2 Å². The topological polar surface area (TPSA) is 0 Å². The van der Waals surface area contributed by atoms with Gasteiger partial charge in [-0.1, -0.05) is 34.1 Å². The van der Waals surface area contributed by atoms with Crippen molar-refractivity contribution in [3.05, 3.63) is 68.9 Å². The van der Waals surface area contributed by atoms with Crippen molar-refractivity contribution in [2.24, 2.45) is 0 Å². The molecule has 0 heterocycles. The highest BCUT2D eigenvalue weighted by Gasteiger charge is 2.14. The zero-order valence-electron chi connectivity index (χ0n) is 10.2. The normalized spacial score (nSPS) is 12.5. The zero-order chi connectivity index (χ0) is 13.3. The Kier molecular flexibility index (Phi) is 4.08. The fourth-order valence-electron chi connectivity index (χ4n) is 1.93. The number of hydrogen-bond donors (Lipinski definition) is 0. The van der Waals surface area contributed by atoms with Crippen LogP contribution in [0.1, 0.15) is 27.6 Å². The fourth-order valence-corrected chi connectivity index (χ4v) is 2.78. The maximum absolute atomic E-state index is 13.2. The van der Waals surface area contributed by atoms with Crippen molar-refractivity contribution in [2.75, 3.05) is 0 Å². The summed E-state index contributed by atoms with van der Waals surface area (Å²) in [6, 6.07) is 11.0. The molecule has 0 saturated carbocycles. The van der Waals surface area contributed by atoms with E-state index in [4.69, 9.17) is 11.6 Å². The van der Waals surface area contributed by atoms with Gasteiger partial charge in [-0.3, -0.25) is 0 Å². The van der Waals surface area contributed by atoms with Crippen molar-refractivity contribution in [3.8, 4) is 0 Å². The Balaban J connectivity index is 2.41. The van der Waals surface area contributed by atoms with E-state index in [2.05, 4.69) is 15.9 Å². The molecular formula is C15H13BrClF. The first-order valence-electron chi connectivity index (χ1n) is 5.65. The number of halogens is 3. The smallest absolute Gasteiger partial charge is 0.126 e. The molecule has 2 rings (SSSR count). The van der Waals surface area contributed by atoms with Crippen molar-refractivity contribution in [1.82, 2.24) is 0 Å². The first kappa shape index (κ1) is 13.6. The number of hydrogen-bond acceptors (Lipinski definition) is 0. The third kappa shape index (κ3) is 2.76. The number of rotatable bonds is 2. The van der Waals surface area contributed by atoms with Crippen LogP contribution in [0.3, 0.4) is 0 Å². The Morgan fingerprint density at radius 2 is 1.78 bits per heavy atom. The summed E-state index contributed by atoms with van der Waals surface area (Å²) in [7, 11) is 0. The van der Waals surface area contributed by atoms with Crippen LogP contribution in [-0.2, 0) is 0 Å². The van der Waals surface area contributed by atoms with Crippen LogP contribution in [0.15, 0.2) is 40.9 Å². The summed E-state index contributed by atoms with van der Waals surface area (Å²) in [5.41, 5.74) is 3.70. The van der Waals surface area contributed by atoms with Crippen LogP contribution < -0.4 is 0 Å². The molecule has 0 nitrogen and oxygen atoms in total. The number of alkyl halides is 1. The van der Waals surface area contributed by atoms with E-state index in [1.54, 1.807) is 19.1 Å².